The molecule has 0 aromatic heterocycles. The number of ether oxygens (including phenoxy) is 1. The molecule has 0 bridgehead atoms. The predicted octanol–water partition coefficient (Wildman–Crippen LogP) is 5.98. The summed E-state index contributed by atoms with van der Waals surface area (Å²) in [6.07, 6.45) is 4.57. The third-order valence-corrected chi connectivity index (χ3v) is 11.3. The second kappa shape index (κ2) is 15.7. The van der Waals surface area contributed by atoms with Gasteiger partial charge in [-0.15, -0.1) is 11.6 Å². The maximum atomic E-state index is 13.5. The molecule has 46 heavy (non-hydrogen) atoms. The molecule has 2 N–H and O–H groups in total. The third kappa shape index (κ3) is 8.15. The molecule has 1 aliphatic carbocycles. The van der Waals surface area contributed by atoms with E-state index in [0.717, 1.165) is 50.9 Å². The standard InChI is InChI=1S/C35H44N4O6S/c1-3-20-39(35(40)44-26-27-14-16-30(17-15-27)36-45-41)31-18-21-38(22-19-31)25-29-23-32(24-34(29)28-10-6-4-7-11-28)37(2)46(42,43)33-12-8-5-9-13-33/h3-17,29,31-32,34,36,41H,1,18-26H2,2H3/t29-,32?,34-/m1/s1. The van der Waals surface area contributed by atoms with Gasteiger partial charge in [-0.25, -0.2) is 23.9 Å². The zero-order valence-electron chi connectivity index (χ0n) is 26.3. The number of carbonyl (C=O) groups is 1. The molecule has 2 aliphatic rings. The molecule has 3 atom stereocenters. The van der Waals surface area contributed by atoms with E-state index in [1.165, 1.54) is 5.56 Å². The number of anilines is 1. The number of carbonyl (C=O) groups excluding carboxylic acids is 1. The first-order chi connectivity index (χ1) is 22.3. The van der Waals surface area contributed by atoms with Gasteiger partial charge in [-0.2, -0.15) is 4.31 Å². The van der Waals surface area contributed by atoms with Crippen molar-refractivity contribution in [2.75, 3.05) is 38.7 Å². The van der Waals surface area contributed by atoms with Gasteiger partial charge < -0.3 is 14.5 Å². The molecule has 0 spiro atoms. The Morgan fingerprint density at radius 3 is 2.26 bits per heavy atom. The number of hydrogen-bond donors (Lipinski definition) is 2. The number of amides is 1. The lowest BCUT2D eigenvalue weighted by Gasteiger charge is -2.39. The molecule has 1 unspecified atom stereocenters. The largest absolute Gasteiger partial charge is 0.445 e. The summed E-state index contributed by atoms with van der Waals surface area (Å²) in [6, 6.07) is 26.1. The van der Waals surface area contributed by atoms with Gasteiger partial charge in [0.25, 0.3) is 0 Å². The van der Waals surface area contributed by atoms with Gasteiger partial charge >= 0.3 is 6.09 Å². The van der Waals surface area contributed by atoms with E-state index in [1.807, 2.05) is 12.1 Å². The average molecular weight is 649 g/mol. The molecule has 1 heterocycles. The lowest BCUT2D eigenvalue weighted by Crippen LogP contribution is -2.48. The predicted molar refractivity (Wildman–Crippen MR) is 177 cm³/mol. The SMILES string of the molecule is C=CCN(C(=O)OCc1ccc(NOO)cc1)C1CCN(C[C@H]2CC(N(C)S(=O)(=O)c3ccccc3)C[C@@H]2c2ccccc2)CC1. The van der Waals surface area contributed by atoms with E-state index in [0.29, 0.717) is 23.0 Å². The van der Waals surface area contributed by atoms with Crippen molar-refractivity contribution in [1.29, 1.82) is 0 Å². The molecule has 3 aromatic rings. The van der Waals surface area contributed by atoms with Gasteiger partial charge in [-0.1, -0.05) is 66.7 Å². The van der Waals surface area contributed by atoms with Crippen molar-refractivity contribution >= 4 is 21.8 Å². The summed E-state index contributed by atoms with van der Waals surface area (Å²) in [7, 11) is -1.88. The van der Waals surface area contributed by atoms with Crippen LogP contribution in [-0.2, 0) is 26.4 Å². The van der Waals surface area contributed by atoms with Crippen LogP contribution in [0.5, 0.6) is 0 Å². The number of nitrogens with one attached hydrogen (secondary N) is 1. The Balaban J connectivity index is 1.20. The van der Waals surface area contributed by atoms with Gasteiger partial charge in [-0.3, -0.25) is 0 Å². The summed E-state index contributed by atoms with van der Waals surface area (Å²) in [6.45, 7) is 6.95. The number of piperidine rings is 1. The minimum Gasteiger partial charge on any atom is -0.445 e. The average Bonchev–Trinajstić information content (AvgIpc) is 3.51. The summed E-state index contributed by atoms with van der Waals surface area (Å²) < 4.78 is 34.2. The maximum absolute atomic E-state index is 13.5. The van der Waals surface area contributed by atoms with Gasteiger partial charge in [0.1, 0.15) is 6.61 Å². The zero-order chi connectivity index (χ0) is 32.5. The van der Waals surface area contributed by atoms with Crippen molar-refractivity contribution < 1.29 is 28.2 Å². The van der Waals surface area contributed by atoms with E-state index < -0.39 is 10.0 Å². The normalized spacial score (nSPS) is 20.8. The third-order valence-electron chi connectivity index (χ3n) is 9.36. The monoisotopic (exact) mass is 648 g/mol. The molecule has 5 rings (SSSR count). The Morgan fingerprint density at radius 1 is 0.978 bits per heavy atom. The molecule has 10 nitrogen and oxygen atoms in total. The van der Waals surface area contributed by atoms with Crippen molar-refractivity contribution in [3.63, 3.8) is 0 Å². The van der Waals surface area contributed by atoms with Crippen LogP contribution in [0.15, 0.2) is 102 Å². The molecule has 1 saturated carbocycles. The van der Waals surface area contributed by atoms with Crippen LogP contribution in [-0.4, -0.2) is 79.2 Å². The van der Waals surface area contributed by atoms with Crippen LogP contribution >= 0.6 is 0 Å². The fourth-order valence-corrected chi connectivity index (χ4v) is 8.26. The van der Waals surface area contributed by atoms with Crippen LogP contribution in [0, 0.1) is 5.92 Å². The smallest absolute Gasteiger partial charge is 0.410 e. The van der Waals surface area contributed by atoms with Crippen LogP contribution in [0.1, 0.15) is 42.7 Å². The van der Waals surface area contributed by atoms with Gasteiger partial charge in [0.15, 0.2) is 0 Å². The van der Waals surface area contributed by atoms with Crippen LogP contribution in [0.4, 0.5) is 10.5 Å². The topological polar surface area (TPSA) is 112 Å². The number of rotatable bonds is 13. The van der Waals surface area contributed by atoms with Crippen molar-refractivity contribution in [1.82, 2.24) is 14.1 Å². The number of sulfonamides is 1. The molecular formula is C35H44N4O6S. The fraction of sp³-hybridized carbons (Fsp3) is 0.400. The highest BCUT2D eigenvalue weighted by Gasteiger charge is 2.41. The van der Waals surface area contributed by atoms with E-state index in [-0.39, 0.29) is 30.7 Å². The van der Waals surface area contributed by atoms with E-state index in [1.54, 1.807) is 70.9 Å². The van der Waals surface area contributed by atoms with Crippen LogP contribution in [0.25, 0.3) is 0 Å². The summed E-state index contributed by atoms with van der Waals surface area (Å²) in [5, 5.41) is 8.52. The highest BCUT2D eigenvalue weighted by molar-refractivity contribution is 7.89. The van der Waals surface area contributed by atoms with Crippen molar-refractivity contribution in [2.45, 2.75) is 55.2 Å². The van der Waals surface area contributed by atoms with E-state index in [2.05, 4.69) is 46.2 Å². The first-order valence-corrected chi connectivity index (χ1v) is 17.2. The minimum absolute atomic E-state index is 0.0402. The number of benzene rings is 3. The van der Waals surface area contributed by atoms with Crippen molar-refractivity contribution in [3.8, 4) is 0 Å². The zero-order valence-corrected chi connectivity index (χ0v) is 27.1. The van der Waals surface area contributed by atoms with Crippen LogP contribution < -0.4 is 5.48 Å². The quantitative estimate of drug-likeness (QED) is 0.132. The molecule has 3 aromatic carbocycles. The fourth-order valence-electron chi connectivity index (χ4n) is 6.86. The molecule has 0 radical (unpaired) electrons. The Hall–Kier alpha value is -3.74. The Kier molecular flexibility index (Phi) is 11.5. The number of hydrogen-bond acceptors (Lipinski definition) is 8. The maximum Gasteiger partial charge on any atom is 0.410 e. The van der Waals surface area contributed by atoms with E-state index in [9.17, 15) is 13.2 Å². The lowest BCUT2D eigenvalue weighted by molar-refractivity contribution is -0.215. The Morgan fingerprint density at radius 2 is 1.63 bits per heavy atom. The first-order valence-electron chi connectivity index (χ1n) is 15.8. The van der Waals surface area contributed by atoms with Crippen LogP contribution in [0.3, 0.4) is 0 Å². The molecule has 1 aliphatic heterocycles. The van der Waals surface area contributed by atoms with Gasteiger partial charge in [0, 0.05) is 45.3 Å². The summed E-state index contributed by atoms with van der Waals surface area (Å²) in [5.74, 6) is 0.558. The van der Waals surface area contributed by atoms with Crippen LogP contribution in [0.2, 0.25) is 0 Å². The molecule has 246 valence electrons. The van der Waals surface area contributed by atoms with Crippen molar-refractivity contribution in [3.05, 3.63) is 109 Å². The lowest BCUT2D eigenvalue weighted by atomic mass is 9.88. The molecular weight excluding hydrogens is 604 g/mol. The summed E-state index contributed by atoms with van der Waals surface area (Å²) >= 11 is 0. The molecule has 1 amide bonds. The first kappa shape index (κ1) is 33.6. The van der Waals surface area contributed by atoms with Gasteiger partial charge in [-0.05, 0) is 72.9 Å². The highest BCUT2D eigenvalue weighted by Crippen LogP contribution is 2.43. The second-order valence-corrected chi connectivity index (χ2v) is 14.2. The molecule has 11 heteroatoms. The van der Waals surface area contributed by atoms with E-state index in [4.69, 9.17) is 9.99 Å². The Labute approximate surface area is 272 Å². The Bertz CT molecular complexity index is 1520. The van der Waals surface area contributed by atoms with Gasteiger partial charge in [0.05, 0.1) is 10.6 Å². The van der Waals surface area contributed by atoms with E-state index >= 15 is 0 Å². The van der Waals surface area contributed by atoms with Crippen molar-refractivity contribution in [2.24, 2.45) is 5.92 Å². The number of likely N-dealkylation sites (tertiary alicyclic amines) is 1. The molecule has 1 saturated heterocycles. The highest BCUT2D eigenvalue weighted by atomic mass is 32.2. The van der Waals surface area contributed by atoms with Gasteiger partial charge in [0.2, 0.25) is 10.0 Å². The second-order valence-electron chi connectivity index (χ2n) is 12.2. The number of nitrogens with zero attached hydrogens (tertiary/aromatic N) is 3. The summed E-state index contributed by atoms with van der Waals surface area (Å²) in [5.41, 5.74) is 4.97. The molecule has 2 fully saturated rings. The summed E-state index contributed by atoms with van der Waals surface area (Å²) in [4.78, 5) is 21.6. The minimum atomic E-state index is -3.60.